The Balaban J connectivity index is 1.70. The number of nitrogens with one attached hydrogen (secondary N) is 2. The SMILES string of the molecule is CCOc1c(Cl)cc(/C=C(/C#N)C(=O)NCCc2c[nH]c3ccccc23)cc1OC. The number of ether oxygens (including phenoxy) is 2. The lowest BCUT2D eigenvalue weighted by Gasteiger charge is -2.12. The summed E-state index contributed by atoms with van der Waals surface area (Å²) in [6.45, 7) is 2.69. The second kappa shape index (κ2) is 9.86. The van der Waals surface area contributed by atoms with Crippen molar-refractivity contribution in [1.29, 1.82) is 5.26 Å². The largest absolute Gasteiger partial charge is 0.493 e. The average molecular weight is 424 g/mol. The maximum atomic E-state index is 12.5. The standard InChI is InChI=1S/C23H22ClN3O3/c1-3-30-22-19(24)11-15(12-21(22)29-2)10-17(13-25)23(28)26-9-8-16-14-27-20-7-5-4-6-18(16)20/h4-7,10-12,14,27H,3,8-9H2,1-2H3,(H,26,28)/b17-10-. The normalized spacial score (nSPS) is 11.2. The first-order chi connectivity index (χ1) is 14.6. The molecule has 1 heterocycles. The lowest BCUT2D eigenvalue weighted by molar-refractivity contribution is -0.117. The van der Waals surface area contributed by atoms with Crippen LogP contribution in [0.2, 0.25) is 5.02 Å². The fourth-order valence-corrected chi connectivity index (χ4v) is 3.44. The Labute approximate surface area is 180 Å². The summed E-state index contributed by atoms with van der Waals surface area (Å²) in [5, 5.41) is 13.7. The van der Waals surface area contributed by atoms with Crippen molar-refractivity contribution in [1.82, 2.24) is 10.3 Å². The smallest absolute Gasteiger partial charge is 0.261 e. The number of nitriles is 1. The van der Waals surface area contributed by atoms with Gasteiger partial charge in [-0.05, 0) is 48.7 Å². The highest BCUT2D eigenvalue weighted by molar-refractivity contribution is 6.32. The molecule has 0 spiro atoms. The van der Waals surface area contributed by atoms with Crippen molar-refractivity contribution in [2.45, 2.75) is 13.3 Å². The fraction of sp³-hybridized carbons (Fsp3) is 0.217. The van der Waals surface area contributed by atoms with Gasteiger partial charge < -0.3 is 19.8 Å². The topological polar surface area (TPSA) is 87.1 Å². The Bertz CT molecular complexity index is 1130. The van der Waals surface area contributed by atoms with Crippen LogP contribution in [0, 0.1) is 11.3 Å². The van der Waals surface area contributed by atoms with E-state index in [2.05, 4.69) is 10.3 Å². The average Bonchev–Trinajstić information content (AvgIpc) is 3.16. The van der Waals surface area contributed by atoms with Crippen LogP contribution < -0.4 is 14.8 Å². The van der Waals surface area contributed by atoms with Gasteiger partial charge in [0.2, 0.25) is 0 Å². The van der Waals surface area contributed by atoms with Gasteiger partial charge in [0.25, 0.3) is 5.91 Å². The van der Waals surface area contributed by atoms with Gasteiger partial charge in [0.1, 0.15) is 11.6 Å². The zero-order valence-electron chi connectivity index (χ0n) is 16.8. The fourth-order valence-electron chi connectivity index (χ4n) is 3.17. The number of fused-ring (bicyclic) bond motifs is 1. The number of carbonyl (C=O) groups excluding carboxylic acids is 1. The number of H-pyrrole nitrogens is 1. The van der Waals surface area contributed by atoms with Crippen LogP contribution in [-0.4, -0.2) is 31.2 Å². The van der Waals surface area contributed by atoms with E-state index in [1.165, 1.54) is 13.2 Å². The number of aromatic amines is 1. The zero-order valence-corrected chi connectivity index (χ0v) is 17.5. The minimum Gasteiger partial charge on any atom is -0.493 e. The summed E-state index contributed by atoms with van der Waals surface area (Å²) in [6.07, 6.45) is 4.06. The molecular formula is C23H22ClN3O3. The van der Waals surface area contributed by atoms with E-state index in [1.54, 1.807) is 12.1 Å². The van der Waals surface area contributed by atoms with Crippen molar-refractivity contribution in [2.24, 2.45) is 0 Å². The maximum absolute atomic E-state index is 12.5. The second-order valence-electron chi connectivity index (χ2n) is 6.50. The summed E-state index contributed by atoms with van der Waals surface area (Å²) in [4.78, 5) is 15.7. The van der Waals surface area contributed by atoms with Crippen molar-refractivity contribution in [3.63, 3.8) is 0 Å². The minimum atomic E-state index is -0.443. The molecule has 0 radical (unpaired) electrons. The summed E-state index contributed by atoms with van der Waals surface area (Å²) < 4.78 is 10.8. The zero-order chi connectivity index (χ0) is 21.5. The summed E-state index contributed by atoms with van der Waals surface area (Å²) >= 11 is 6.27. The number of carbonyl (C=O) groups is 1. The molecule has 154 valence electrons. The molecule has 0 aliphatic carbocycles. The second-order valence-corrected chi connectivity index (χ2v) is 6.91. The third-order valence-corrected chi connectivity index (χ3v) is 4.85. The summed E-state index contributed by atoms with van der Waals surface area (Å²) in [5.41, 5.74) is 2.72. The van der Waals surface area contributed by atoms with Gasteiger partial charge in [0.15, 0.2) is 11.5 Å². The Morgan fingerprint density at radius 2 is 2.13 bits per heavy atom. The highest BCUT2D eigenvalue weighted by atomic mass is 35.5. The molecule has 0 aliphatic heterocycles. The molecule has 0 bridgehead atoms. The predicted octanol–water partition coefficient (Wildman–Crippen LogP) is 4.49. The van der Waals surface area contributed by atoms with Crippen LogP contribution in [0.5, 0.6) is 11.5 Å². The molecule has 7 heteroatoms. The van der Waals surface area contributed by atoms with Crippen LogP contribution in [0.1, 0.15) is 18.1 Å². The molecule has 3 aromatic rings. The van der Waals surface area contributed by atoms with Crippen molar-refractivity contribution in [2.75, 3.05) is 20.3 Å². The quantitative estimate of drug-likeness (QED) is 0.412. The number of rotatable bonds is 8. The van der Waals surface area contributed by atoms with E-state index in [1.807, 2.05) is 43.5 Å². The number of aromatic nitrogens is 1. The number of hydrogen-bond donors (Lipinski definition) is 2. The van der Waals surface area contributed by atoms with Gasteiger partial charge in [-0.1, -0.05) is 29.8 Å². The lowest BCUT2D eigenvalue weighted by atomic mass is 10.1. The Kier molecular flexibility index (Phi) is 6.99. The molecule has 1 amide bonds. The van der Waals surface area contributed by atoms with Gasteiger partial charge in [-0.3, -0.25) is 4.79 Å². The monoisotopic (exact) mass is 423 g/mol. The number of halogens is 1. The predicted molar refractivity (Wildman–Crippen MR) is 118 cm³/mol. The van der Waals surface area contributed by atoms with Crippen LogP contribution in [0.4, 0.5) is 0 Å². The van der Waals surface area contributed by atoms with Gasteiger partial charge in [-0.15, -0.1) is 0 Å². The van der Waals surface area contributed by atoms with Crippen LogP contribution in [0.15, 0.2) is 48.2 Å². The van der Waals surface area contributed by atoms with Crippen LogP contribution in [0.3, 0.4) is 0 Å². The van der Waals surface area contributed by atoms with Crippen LogP contribution in [-0.2, 0) is 11.2 Å². The highest BCUT2D eigenvalue weighted by Crippen LogP contribution is 2.37. The molecule has 6 nitrogen and oxygen atoms in total. The third-order valence-electron chi connectivity index (χ3n) is 4.57. The number of nitrogens with zero attached hydrogens (tertiary/aromatic N) is 1. The van der Waals surface area contributed by atoms with E-state index in [0.717, 1.165) is 16.5 Å². The minimum absolute atomic E-state index is 0.0174. The Hall–Kier alpha value is -3.43. The number of hydrogen-bond acceptors (Lipinski definition) is 4. The molecule has 2 N–H and O–H groups in total. The molecule has 0 saturated heterocycles. The summed E-state index contributed by atoms with van der Waals surface area (Å²) in [6, 6.07) is 13.2. The number of para-hydroxylation sites is 1. The molecule has 0 fully saturated rings. The highest BCUT2D eigenvalue weighted by Gasteiger charge is 2.14. The third kappa shape index (κ3) is 4.76. The number of benzene rings is 2. The van der Waals surface area contributed by atoms with Crippen molar-refractivity contribution in [3.8, 4) is 17.6 Å². The molecule has 0 aliphatic rings. The van der Waals surface area contributed by atoms with Gasteiger partial charge in [0, 0.05) is 23.6 Å². The molecule has 0 atom stereocenters. The first-order valence-electron chi connectivity index (χ1n) is 9.52. The van der Waals surface area contributed by atoms with Crippen molar-refractivity contribution < 1.29 is 14.3 Å². The van der Waals surface area contributed by atoms with Gasteiger partial charge in [-0.25, -0.2) is 0 Å². The molecule has 0 unspecified atom stereocenters. The molecule has 1 aromatic heterocycles. The van der Waals surface area contributed by atoms with E-state index in [0.29, 0.717) is 41.7 Å². The van der Waals surface area contributed by atoms with E-state index in [4.69, 9.17) is 21.1 Å². The van der Waals surface area contributed by atoms with Gasteiger partial charge in [0.05, 0.1) is 18.7 Å². The molecular weight excluding hydrogens is 402 g/mol. The Morgan fingerprint density at radius 3 is 2.87 bits per heavy atom. The molecule has 2 aromatic carbocycles. The first kappa shape index (κ1) is 21.3. The van der Waals surface area contributed by atoms with Crippen LogP contribution in [0.25, 0.3) is 17.0 Å². The van der Waals surface area contributed by atoms with Crippen LogP contribution >= 0.6 is 11.6 Å². The molecule has 0 saturated carbocycles. The van der Waals surface area contributed by atoms with Gasteiger partial charge >= 0.3 is 0 Å². The number of methoxy groups -OCH3 is 1. The van der Waals surface area contributed by atoms with E-state index < -0.39 is 5.91 Å². The number of amides is 1. The molecule has 30 heavy (non-hydrogen) atoms. The van der Waals surface area contributed by atoms with Crippen molar-refractivity contribution >= 4 is 34.5 Å². The van der Waals surface area contributed by atoms with Crippen molar-refractivity contribution in [3.05, 3.63) is 64.3 Å². The summed E-state index contributed by atoms with van der Waals surface area (Å²) in [5.74, 6) is 0.425. The van der Waals surface area contributed by atoms with E-state index in [-0.39, 0.29) is 5.57 Å². The lowest BCUT2D eigenvalue weighted by Crippen LogP contribution is -2.26. The first-order valence-corrected chi connectivity index (χ1v) is 9.90. The Morgan fingerprint density at radius 1 is 1.33 bits per heavy atom. The van der Waals surface area contributed by atoms with Gasteiger partial charge in [-0.2, -0.15) is 5.26 Å². The maximum Gasteiger partial charge on any atom is 0.261 e. The van der Waals surface area contributed by atoms with E-state index in [9.17, 15) is 10.1 Å². The summed E-state index contributed by atoms with van der Waals surface area (Å²) in [7, 11) is 1.50. The van der Waals surface area contributed by atoms with E-state index >= 15 is 0 Å². The molecule has 3 rings (SSSR count).